The summed E-state index contributed by atoms with van der Waals surface area (Å²) in [6.45, 7) is 3.04. The maximum atomic E-state index is 11.8. The fourth-order valence-electron chi connectivity index (χ4n) is 2.05. The number of carbonyl (C=O) groups is 1. The van der Waals surface area contributed by atoms with E-state index in [2.05, 4.69) is 34.7 Å². The van der Waals surface area contributed by atoms with E-state index in [0.717, 1.165) is 5.69 Å². The molecule has 1 unspecified atom stereocenters. The zero-order valence-corrected chi connectivity index (χ0v) is 12.9. The molecule has 1 aromatic heterocycles. The molecule has 0 aliphatic carbocycles. The van der Waals surface area contributed by atoms with Gasteiger partial charge >= 0.3 is 0 Å². The maximum Gasteiger partial charge on any atom is 0.269 e. The summed E-state index contributed by atoms with van der Waals surface area (Å²) in [6, 6.07) is 13.9. The van der Waals surface area contributed by atoms with Gasteiger partial charge in [0.15, 0.2) is 0 Å². The first-order valence-corrected chi connectivity index (χ1v) is 7.25. The third kappa shape index (κ3) is 4.56. The van der Waals surface area contributed by atoms with Crippen LogP contribution in [0.2, 0.25) is 0 Å². The standard InChI is InChI=1S/C17H21N3O2/c1-13(14-6-4-3-5-7-14)20-15-8-9-16(19-12-15)17(21)18-10-11-22-2/h3-9,12-13,20H,10-11H2,1-2H3,(H,18,21). The Hall–Kier alpha value is -2.40. The van der Waals surface area contributed by atoms with Gasteiger partial charge < -0.3 is 15.4 Å². The Morgan fingerprint density at radius 2 is 2.00 bits per heavy atom. The number of amides is 1. The van der Waals surface area contributed by atoms with Gasteiger partial charge in [-0.2, -0.15) is 0 Å². The van der Waals surface area contributed by atoms with Crippen LogP contribution >= 0.6 is 0 Å². The molecule has 1 atom stereocenters. The number of methoxy groups -OCH3 is 1. The first kappa shape index (κ1) is 16.0. The highest BCUT2D eigenvalue weighted by atomic mass is 16.5. The summed E-state index contributed by atoms with van der Waals surface area (Å²) in [5, 5.41) is 6.10. The van der Waals surface area contributed by atoms with Crippen LogP contribution in [0.25, 0.3) is 0 Å². The number of hydrogen-bond donors (Lipinski definition) is 2. The molecule has 5 nitrogen and oxygen atoms in total. The lowest BCUT2D eigenvalue weighted by Crippen LogP contribution is -2.27. The van der Waals surface area contributed by atoms with E-state index in [0.29, 0.717) is 18.8 Å². The van der Waals surface area contributed by atoms with E-state index >= 15 is 0 Å². The van der Waals surface area contributed by atoms with Gasteiger partial charge in [-0.3, -0.25) is 4.79 Å². The van der Waals surface area contributed by atoms with Crippen molar-refractivity contribution in [2.24, 2.45) is 0 Å². The molecular weight excluding hydrogens is 278 g/mol. The number of benzene rings is 1. The van der Waals surface area contributed by atoms with Crippen molar-refractivity contribution in [2.75, 3.05) is 25.6 Å². The Labute approximate surface area is 130 Å². The predicted molar refractivity (Wildman–Crippen MR) is 86.9 cm³/mol. The van der Waals surface area contributed by atoms with Crippen LogP contribution in [0.3, 0.4) is 0 Å². The van der Waals surface area contributed by atoms with Crippen molar-refractivity contribution in [3.05, 3.63) is 59.9 Å². The summed E-state index contributed by atoms with van der Waals surface area (Å²) in [7, 11) is 1.60. The van der Waals surface area contributed by atoms with E-state index < -0.39 is 0 Å². The molecule has 1 heterocycles. The van der Waals surface area contributed by atoms with Crippen LogP contribution in [0.1, 0.15) is 29.0 Å². The molecule has 0 saturated heterocycles. The number of nitrogens with one attached hydrogen (secondary N) is 2. The highest BCUT2D eigenvalue weighted by Gasteiger charge is 2.08. The number of anilines is 1. The Kier molecular flexibility index (Phi) is 5.91. The van der Waals surface area contributed by atoms with Gasteiger partial charge in [-0.15, -0.1) is 0 Å². The molecule has 2 N–H and O–H groups in total. The largest absolute Gasteiger partial charge is 0.383 e. The van der Waals surface area contributed by atoms with Crippen LogP contribution in [-0.2, 0) is 4.74 Å². The summed E-state index contributed by atoms with van der Waals surface area (Å²) in [5.74, 6) is -0.195. The molecule has 0 saturated carbocycles. The topological polar surface area (TPSA) is 63.2 Å². The van der Waals surface area contributed by atoms with E-state index in [1.54, 1.807) is 19.4 Å². The second-order valence-corrected chi connectivity index (χ2v) is 4.96. The molecule has 22 heavy (non-hydrogen) atoms. The summed E-state index contributed by atoms with van der Waals surface area (Å²) >= 11 is 0. The molecule has 2 rings (SSSR count). The average Bonchev–Trinajstić information content (AvgIpc) is 2.56. The van der Waals surface area contributed by atoms with Gasteiger partial charge in [0.2, 0.25) is 0 Å². The lowest BCUT2D eigenvalue weighted by atomic mass is 10.1. The quantitative estimate of drug-likeness (QED) is 0.772. The van der Waals surface area contributed by atoms with Gasteiger partial charge in [-0.05, 0) is 24.6 Å². The van der Waals surface area contributed by atoms with Gasteiger partial charge in [-0.1, -0.05) is 30.3 Å². The number of hydrogen-bond acceptors (Lipinski definition) is 4. The van der Waals surface area contributed by atoms with Crippen molar-refractivity contribution in [1.29, 1.82) is 0 Å². The molecular formula is C17H21N3O2. The van der Waals surface area contributed by atoms with Crippen molar-refractivity contribution in [1.82, 2.24) is 10.3 Å². The zero-order valence-electron chi connectivity index (χ0n) is 12.9. The van der Waals surface area contributed by atoms with E-state index in [9.17, 15) is 4.79 Å². The van der Waals surface area contributed by atoms with E-state index in [4.69, 9.17) is 4.74 Å². The number of pyridine rings is 1. The Balaban J connectivity index is 1.93. The number of nitrogens with zero attached hydrogens (tertiary/aromatic N) is 1. The molecule has 0 aliphatic rings. The summed E-state index contributed by atoms with van der Waals surface area (Å²) in [4.78, 5) is 16.0. The van der Waals surface area contributed by atoms with Crippen molar-refractivity contribution in [3.8, 4) is 0 Å². The fourth-order valence-corrected chi connectivity index (χ4v) is 2.05. The summed E-state index contributed by atoms with van der Waals surface area (Å²) in [6.07, 6.45) is 1.67. The maximum absolute atomic E-state index is 11.8. The zero-order chi connectivity index (χ0) is 15.8. The number of aromatic nitrogens is 1. The number of ether oxygens (including phenoxy) is 1. The normalized spacial score (nSPS) is 11.7. The van der Waals surface area contributed by atoms with Gasteiger partial charge in [0.25, 0.3) is 5.91 Å². The van der Waals surface area contributed by atoms with Gasteiger partial charge in [0, 0.05) is 19.7 Å². The minimum Gasteiger partial charge on any atom is -0.383 e. The summed E-state index contributed by atoms with van der Waals surface area (Å²) < 4.78 is 4.89. The Morgan fingerprint density at radius 1 is 1.23 bits per heavy atom. The molecule has 5 heteroatoms. The highest BCUT2D eigenvalue weighted by molar-refractivity contribution is 5.92. The van der Waals surface area contributed by atoms with Crippen LogP contribution in [-0.4, -0.2) is 31.2 Å². The SMILES string of the molecule is COCCNC(=O)c1ccc(NC(C)c2ccccc2)cn1. The van der Waals surface area contributed by atoms with Crippen LogP contribution in [0.5, 0.6) is 0 Å². The molecule has 0 radical (unpaired) electrons. The number of rotatable bonds is 7. The first-order valence-electron chi connectivity index (χ1n) is 7.25. The molecule has 0 spiro atoms. The van der Waals surface area contributed by atoms with E-state index in [1.807, 2.05) is 24.3 Å². The Bertz CT molecular complexity index is 585. The molecule has 2 aromatic rings. The van der Waals surface area contributed by atoms with Gasteiger partial charge in [-0.25, -0.2) is 4.98 Å². The van der Waals surface area contributed by atoms with Crippen molar-refractivity contribution in [2.45, 2.75) is 13.0 Å². The molecule has 116 valence electrons. The summed E-state index contributed by atoms with van der Waals surface area (Å²) in [5.41, 5.74) is 2.47. The van der Waals surface area contributed by atoms with Gasteiger partial charge in [0.05, 0.1) is 18.5 Å². The fraction of sp³-hybridized carbons (Fsp3) is 0.294. The average molecular weight is 299 g/mol. The first-order chi connectivity index (χ1) is 10.7. The second-order valence-electron chi connectivity index (χ2n) is 4.96. The van der Waals surface area contributed by atoms with Crippen molar-refractivity contribution < 1.29 is 9.53 Å². The molecule has 0 bridgehead atoms. The minimum absolute atomic E-state index is 0.171. The predicted octanol–water partition coefficient (Wildman–Crippen LogP) is 2.63. The second kappa shape index (κ2) is 8.14. The molecule has 0 aliphatic heterocycles. The van der Waals surface area contributed by atoms with Gasteiger partial charge in [0.1, 0.15) is 5.69 Å². The number of carbonyl (C=O) groups excluding carboxylic acids is 1. The Morgan fingerprint density at radius 3 is 2.64 bits per heavy atom. The lowest BCUT2D eigenvalue weighted by molar-refractivity contribution is 0.0932. The smallest absolute Gasteiger partial charge is 0.269 e. The molecule has 1 aromatic carbocycles. The van der Waals surface area contributed by atoms with E-state index in [-0.39, 0.29) is 11.9 Å². The van der Waals surface area contributed by atoms with Crippen LogP contribution in [0.15, 0.2) is 48.7 Å². The van der Waals surface area contributed by atoms with E-state index in [1.165, 1.54) is 5.56 Å². The molecule has 1 amide bonds. The van der Waals surface area contributed by atoms with Crippen LogP contribution < -0.4 is 10.6 Å². The van der Waals surface area contributed by atoms with Crippen molar-refractivity contribution in [3.63, 3.8) is 0 Å². The lowest BCUT2D eigenvalue weighted by Gasteiger charge is -2.15. The van der Waals surface area contributed by atoms with Crippen molar-refractivity contribution >= 4 is 11.6 Å². The van der Waals surface area contributed by atoms with Crippen LogP contribution in [0.4, 0.5) is 5.69 Å². The monoisotopic (exact) mass is 299 g/mol. The minimum atomic E-state index is -0.195. The van der Waals surface area contributed by atoms with Crippen LogP contribution in [0, 0.1) is 0 Å². The highest BCUT2D eigenvalue weighted by Crippen LogP contribution is 2.18. The third-order valence-corrected chi connectivity index (χ3v) is 3.27. The third-order valence-electron chi connectivity index (χ3n) is 3.27. The molecule has 0 fully saturated rings.